The van der Waals surface area contributed by atoms with Crippen LogP contribution in [0.1, 0.15) is 28.3 Å². The van der Waals surface area contributed by atoms with Gasteiger partial charge in [-0.3, -0.25) is 4.79 Å². The maximum atomic E-state index is 12.8. The van der Waals surface area contributed by atoms with Crippen molar-refractivity contribution in [3.63, 3.8) is 0 Å². The second kappa shape index (κ2) is 6.54. The molecule has 2 aromatic rings. The van der Waals surface area contributed by atoms with E-state index in [1.807, 2.05) is 36.4 Å². The van der Waals surface area contributed by atoms with E-state index in [1.54, 1.807) is 18.2 Å². The molecule has 0 spiro atoms. The first-order chi connectivity index (χ1) is 11.1. The maximum Gasteiger partial charge on any atom is 0.326 e. The minimum Gasteiger partial charge on any atom is -0.480 e. The first-order valence-electron chi connectivity index (χ1n) is 7.41. The Kier molecular flexibility index (Phi) is 4.48. The van der Waals surface area contributed by atoms with E-state index in [4.69, 9.17) is 0 Å². The lowest BCUT2D eigenvalue weighted by atomic mass is 9.96. The van der Waals surface area contributed by atoms with Crippen molar-refractivity contribution in [3.05, 3.63) is 70.2 Å². The van der Waals surface area contributed by atoms with Crippen molar-refractivity contribution in [2.24, 2.45) is 0 Å². The summed E-state index contributed by atoms with van der Waals surface area (Å²) in [5.41, 5.74) is 1.56. The summed E-state index contributed by atoms with van der Waals surface area (Å²) in [5, 5.41) is 9.51. The van der Waals surface area contributed by atoms with Crippen molar-refractivity contribution < 1.29 is 14.7 Å². The molecule has 0 saturated carbocycles. The number of carbonyl (C=O) groups excluding carboxylic acids is 1. The molecule has 0 aromatic heterocycles. The lowest BCUT2D eigenvalue weighted by Crippen LogP contribution is -2.40. The zero-order valence-corrected chi connectivity index (χ0v) is 13.9. The number of hydrogen-bond donors (Lipinski definition) is 1. The van der Waals surface area contributed by atoms with Crippen LogP contribution in [0.15, 0.2) is 59.1 Å². The van der Waals surface area contributed by atoms with E-state index in [0.717, 1.165) is 5.56 Å². The molecule has 1 aliphatic heterocycles. The molecule has 1 aliphatic rings. The van der Waals surface area contributed by atoms with Crippen LogP contribution in [0.5, 0.6) is 0 Å². The quantitative estimate of drug-likeness (QED) is 0.894. The molecule has 0 bridgehead atoms. The van der Waals surface area contributed by atoms with Crippen molar-refractivity contribution >= 4 is 27.8 Å². The van der Waals surface area contributed by atoms with Gasteiger partial charge in [-0.25, -0.2) is 4.79 Å². The Labute approximate surface area is 142 Å². The molecule has 1 fully saturated rings. The third-order valence-electron chi connectivity index (χ3n) is 4.22. The molecule has 2 atom stereocenters. The molecule has 1 heterocycles. The molecular weight excluding hydrogens is 358 g/mol. The van der Waals surface area contributed by atoms with Crippen LogP contribution in [0.2, 0.25) is 0 Å². The second-order valence-electron chi connectivity index (χ2n) is 5.63. The first kappa shape index (κ1) is 15.7. The maximum absolute atomic E-state index is 12.8. The molecule has 1 N–H and O–H groups in total. The average Bonchev–Trinajstić information content (AvgIpc) is 3.01. The number of likely N-dealkylation sites (tertiary alicyclic amines) is 1. The SMILES string of the molecule is O=C(O)[C@@H]1C[C@@H](c2ccccc2)CN1C(=O)c1ccccc1Br. The summed E-state index contributed by atoms with van der Waals surface area (Å²) < 4.78 is 0.678. The Balaban J connectivity index is 1.89. The number of carboxylic acids is 1. The minimum absolute atomic E-state index is 0.0451. The number of nitrogens with zero attached hydrogens (tertiary/aromatic N) is 1. The standard InChI is InChI=1S/C18H16BrNO3/c19-15-9-5-4-8-14(15)17(21)20-11-13(10-16(20)18(22)23)12-6-2-1-3-7-12/h1-9,13,16H,10-11H2,(H,22,23)/t13-,16+/m1/s1. The predicted octanol–water partition coefficient (Wildman–Crippen LogP) is 3.53. The fourth-order valence-corrected chi connectivity index (χ4v) is 3.50. The van der Waals surface area contributed by atoms with Crippen LogP contribution >= 0.6 is 15.9 Å². The van der Waals surface area contributed by atoms with Crippen LogP contribution in [-0.4, -0.2) is 34.5 Å². The predicted molar refractivity (Wildman–Crippen MR) is 90.4 cm³/mol. The van der Waals surface area contributed by atoms with Crippen LogP contribution in [0.25, 0.3) is 0 Å². The number of halogens is 1. The Morgan fingerprint density at radius 2 is 1.70 bits per heavy atom. The van der Waals surface area contributed by atoms with Gasteiger partial charge in [0, 0.05) is 16.9 Å². The van der Waals surface area contributed by atoms with Crippen molar-refractivity contribution in [2.75, 3.05) is 6.54 Å². The van der Waals surface area contributed by atoms with Crippen LogP contribution in [-0.2, 0) is 4.79 Å². The van der Waals surface area contributed by atoms with Crippen molar-refractivity contribution in [3.8, 4) is 0 Å². The van der Waals surface area contributed by atoms with Gasteiger partial charge >= 0.3 is 5.97 Å². The highest BCUT2D eigenvalue weighted by molar-refractivity contribution is 9.10. The lowest BCUT2D eigenvalue weighted by molar-refractivity contribution is -0.141. The van der Waals surface area contributed by atoms with Gasteiger partial charge in [-0.05, 0) is 40.0 Å². The van der Waals surface area contributed by atoms with Crippen molar-refractivity contribution in [1.82, 2.24) is 4.90 Å². The highest BCUT2D eigenvalue weighted by atomic mass is 79.9. The molecule has 1 amide bonds. The topological polar surface area (TPSA) is 57.6 Å². The van der Waals surface area contributed by atoms with E-state index in [1.165, 1.54) is 4.90 Å². The minimum atomic E-state index is -0.955. The average molecular weight is 374 g/mol. The number of benzene rings is 2. The molecule has 118 valence electrons. The molecular formula is C18H16BrNO3. The van der Waals surface area contributed by atoms with Gasteiger partial charge in [0.2, 0.25) is 0 Å². The normalized spacial score (nSPS) is 20.5. The van der Waals surface area contributed by atoms with Crippen LogP contribution in [0.4, 0.5) is 0 Å². The summed E-state index contributed by atoms with van der Waals surface area (Å²) in [5.74, 6) is -1.16. The Hall–Kier alpha value is -2.14. The lowest BCUT2D eigenvalue weighted by Gasteiger charge is -2.22. The van der Waals surface area contributed by atoms with Crippen LogP contribution < -0.4 is 0 Å². The molecule has 2 aromatic carbocycles. The number of amides is 1. The molecule has 0 unspecified atom stereocenters. The van der Waals surface area contributed by atoms with Crippen LogP contribution in [0, 0.1) is 0 Å². The number of carbonyl (C=O) groups is 2. The van der Waals surface area contributed by atoms with Gasteiger partial charge < -0.3 is 10.0 Å². The van der Waals surface area contributed by atoms with Gasteiger partial charge in [0.1, 0.15) is 6.04 Å². The summed E-state index contributed by atoms with van der Waals surface area (Å²) in [6.45, 7) is 0.418. The number of rotatable bonds is 3. The third-order valence-corrected chi connectivity index (χ3v) is 4.91. The first-order valence-corrected chi connectivity index (χ1v) is 8.20. The largest absolute Gasteiger partial charge is 0.480 e. The molecule has 3 rings (SSSR count). The molecule has 0 aliphatic carbocycles. The Bertz CT molecular complexity index is 732. The van der Waals surface area contributed by atoms with E-state index in [9.17, 15) is 14.7 Å². The fourth-order valence-electron chi connectivity index (χ4n) is 3.05. The zero-order chi connectivity index (χ0) is 16.4. The highest BCUT2D eigenvalue weighted by Crippen LogP contribution is 2.33. The second-order valence-corrected chi connectivity index (χ2v) is 6.49. The third kappa shape index (κ3) is 3.15. The molecule has 5 heteroatoms. The smallest absolute Gasteiger partial charge is 0.326 e. The molecule has 4 nitrogen and oxygen atoms in total. The molecule has 0 radical (unpaired) electrons. The monoisotopic (exact) mass is 373 g/mol. The summed E-state index contributed by atoms with van der Waals surface area (Å²) in [6.07, 6.45) is 0.440. The number of hydrogen-bond acceptors (Lipinski definition) is 2. The van der Waals surface area contributed by atoms with E-state index in [2.05, 4.69) is 15.9 Å². The Morgan fingerprint density at radius 3 is 2.35 bits per heavy atom. The summed E-state index contributed by atoms with van der Waals surface area (Å²) in [4.78, 5) is 25.9. The summed E-state index contributed by atoms with van der Waals surface area (Å²) in [6, 6.07) is 16.1. The van der Waals surface area contributed by atoms with Gasteiger partial charge in [0.05, 0.1) is 5.56 Å². The van der Waals surface area contributed by atoms with Gasteiger partial charge in [0.25, 0.3) is 5.91 Å². The van der Waals surface area contributed by atoms with Crippen LogP contribution in [0.3, 0.4) is 0 Å². The number of aliphatic carboxylic acids is 1. The van der Waals surface area contributed by atoms with E-state index < -0.39 is 12.0 Å². The fraction of sp³-hybridized carbons (Fsp3) is 0.222. The zero-order valence-electron chi connectivity index (χ0n) is 12.4. The van der Waals surface area contributed by atoms with Crippen molar-refractivity contribution in [1.29, 1.82) is 0 Å². The van der Waals surface area contributed by atoms with Gasteiger partial charge in [-0.1, -0.05) is 42.5 Å². The van der Waals surface area contributed by atoms with Gasteiger partial charge in [0.15, 0.2) is 0 Å². The summed E-state index contributed by atoms with van der Waals surface area (Å²) in [7, 11) is 0. The highest BCUT2D eigenvalue weighted by Gasteiger charge is 2.40. The Morgan fingerprint density at radius 1 is 1.04 bits per heavy atom. The van der Waals surface area contributed by atoms with E-state index >= 15 is 0 Å². The van der Waals surface area contributed by atoms with Crippen molar-refractivity contribution in [2.45, 2.75) is 18.4 Å². The molecule has 1 saturated heterocycles. The van der Waals surface area contributed by atoms with E-state index in [-0.39, 0.29) is 11.8 Å². The number of carboxylic acid groups (broad SMARTS) is 1. The summed E-state index contributed by atoms with van der Waals surface area (Å²) >= 11 is 3.37. The van der Waals surface area contributed by atoms with Gasteiger partial charge in [-0.2, -0.15) is 0 Å². The molecule has 23 heavy (non-hydrogen) atoms. The van der Waals surface area contributed by atoms with E-state index in [0.29, 0.717) is 23.0 Å². The van der Waals surface area contributed by atoms with Gasteiger partial charge in [-0.15, -0.1) is 0 Å².